The van der Waals surface area contributed by atoms with Gasteiger partial charge in [-0.05, 0) is 49.9 Å². The number of carbonyl (C=O) groups excluding carboxylic acids is 1. The van der Waals surface area contributed by atoms with Crippen LogP contribution >= 0.6 is 11.6 Å². The van der Waals surface area contributed by atoms with Gasteiger partial charge in [-0.2, -0.15) is 0 Å². The van der Waals surface area contributed by atoms with Gasteiger partial charge in [-0.1, -0.05) is 36.9 Å². The normalized spacial score (nSPS) is 16.7. The Kier molecular flexibility index (Phi) is 7.34. The number of ether oxygens (including phenoxy) is 1. The summed E-state index contributed by atoms with van der Waals surface area (Å²) in [5, 5.41) is 16.6. The van der Waals surface area contributed by atoms with Gasteiger partial charge in [0.25, 0.3) is 0 Å². The van der Waals surface area contributed by atoms with Gasteiger partial charge < -0.3 is 20.5 Å². The van der Waals surface area contributed by atoms with Gasteiger partial charge in [0, 0.05) is 30.2 Å². The van der Waals surface area contributed by atoms with Crippen molar-refractivity contribution in [2.24, 2.45) is 5.92 Å². The molecular formula is C22H28ClN3O3. The molecule has 29 heavy (non-hydrogen) atoms. The van der Waals surface area contributed by atoms with Crippen molar-refractivity contribution in [1.29, 1.82) is 0 Å². The molecule has 0 spiro atoms. The largest absolute Gasteiger partial charge is 0.487 e. The third kappa shape index (κ3) is 6.34. The van der Waals surface area contributed by atoms with Crippen molar-refractivity contribution in [3.05, 3.63) is 53.3 Å². The number of nitrogens with one attached hydrogen (secondary N) is 2. The molecule has 1 aliphatic rings. The predicted molar refractivity (Wildman–Crippen MR) is 114 cm³/mol. The fourth-order valence-electron chi connectivity index (χ4n) is 3.64. The van der Waals surface area contributed by atoms with E-state index in [4.69, 9.17) is 16.3 Å². The highest BCUT2D eigenvalue weighted by Gasteiger charge is 2.33. The summed E-state index contributed by atoms with van der Waals surface area (Å²) in [7, 11) is 0. The molecule has 0 bridgehead atoms. The van der Waals surface area contributed by atoms with Crippen molar-refractivity contribution in [2.75, 3.05) is 11.9 Å². The maximum absolute atomic E-state index is 12.2. The van der Waals surface area contributed by atoms with Crippen LogP contribution in [-0.4, -0.2) is 28.3 Å². The molecule has 2 aromatic rings. The first kappa shape index (κ1) is 21.4. The van der Waals surface area contributed by atoms with Gasteiger partial charge >= 0.3 is 6.03 Å². The molecular weight excluding hydrogens is 390 g/mol. The monoisotopic (exact) mass is 417 g/mol. The summed E-state index contributed by atoms with van der Waals surface area (Å²) >= 11 is 6.28. The quantitative estimate of drug-likeness (QED) is 0.606. The van der Waals surface area contributed by atoms with E-state index in [0.717, 1.165) is 31.2 Å². The minimum absolute atomic E-state index is 0.212. The second kappa shape index (κ2) is 9.94. The Hall–Kier alpha value is -2.31. The maximum atomic E-state index is 12.2. The Labute approximate surface area is 176 Å². The van der Waals surface area contributed by atoms with Crippen LogP contribution in [0.5, 0.6) is 5.75 Å². The Morgan fingerprint density at radius 1 is 1.31 bits per heavy atom. The van der Waals surface area contributed by atoms with E-state index in [9.17, 15) is 9.90 Å². The molecule has 2 amide bonds. The summed E-state index contributed by atoms with van der Waals surface area (Å²) < 4.78 is 5.71. The minimum Gasteiger partial charge on any atom is -0.487 e. The Bertz CT molecular complexity index is 808. The molecule has 156 valence electrons. The fourth-order valence-corrected chi connectivity index (χ4v) is 3.88. The van der Waals surface area contributed by atoms with Crippen LogP contribution in [0.25, 0.3) is 0 Å². The molecule has 0 saturated heterocycles. The molecule has 1 unspecified atom stereocenters. The Morgan fingerprint density at radius 3 is 2.79 bits per heavy atom. The van der Waals surface area contributed by atoms with Crippen molar-refractivity contribution in [3.63, 3.8) is 0 Å². The highest BCUT2D eigenvalue weighted by molar-refractivity contribution is 6.32. The van der Waals surface area contributed by atoms with Crippen LogP contribution in [0.4, 0.5) is 10.5 Å². The summed E-state index contributed by atoms with van der Waals surface area (Å²) in [4.78, 5) is 16.3. The van der Waals surface area contributed by atoms with E-state index < -0.39 is 5.60 Å². The molecule has 1 fully saturated rings. The summed E-state index contributed by atoms with van der Waals surface area (Å²) in [6.45, 7) is 2.37. The number of nitrogens with zero attached hydrogens (tertiary/aromatic N) is 1. The van der Waals surface area contributed by atoms with Gasteiger partial charge in [0.15, 0.2) is 0 Å². The van der Waals surface area contributed by atoms with Crippen molar-refractivity contribution in [3.8, 4) is 5.75 Å². The molecule has 3 N–H and O–H groups in total. The lowest BCUT2D eigenvalue weighted by Gasteiger charge is -2.35. The highest BCUT2D eigenvalue weighted by atomic mass is 35.5. The van der Waals surface area contributed by atoms with Crippen LogP contribution in [0.1, 0.15) is 44.6 Å². The average molecular weight is 418 g/mol. The third-order valence-electron chi connectivity index (χ3n) is 5.40. The first-order chi connectivity index (χ1) is 13.9. The number of halogens is 1. The smallest absolute Gasteiger partial charge is 0.319 e. The van der Waals surface area contributed by atoms with Gasteiger partial charge in [0.1, 0.15) is 12.4 Å². The van der Waals surface area contributed by atoms with Crippen LogP contribution in [0.3, 0.4) is 0 Å². The van der Waals surface area contributed by atoms with Crippen LogP contribution in [-0.2, 0) is 6.61 Å². The van der Waals surface area contributed by atoms with Crippen molar-refractivity contribution < 1.29 is 14.6 Å². The van der Waals surface area contributed by atoms with E-state index in [1.54, 1.807) is 37.5 Å². The summed E-state index contributed by atoms with van der Waals surface area (Å²) in [6.07, 6.45) is 8.95. The van der Waals surface area contributed by atoms with E-state index in [1.165, 1.54) is 6.42 Å². The number of urea groups is 1. The molecule has 7 heteroatoms. The molecule has 1 saturated carbocycles. The number of aliphatic hydroxyl groups is 1. The predicted octanol–water partition coefficient (Wildman–Crippen LogP) is 4.77. The van der Waals surface area contributed by atoms with Crippen molar-refractivity contribution in [2.45, 2.75) is 51.2 Å². The number of aromatic nitrogens is 1. The SMILES string of the molecule is CC(O)(CNC(=O)Nc1ccc(OCc2cccnc2)c(Cl)c1)C1CCCCC1. The van der Waals surface area contributed by atoms with Gasteiger partial charge in [0.2, 0.25) is 0 Å². The molecule has 1 aromatic carbocycles. The molecule has 1 heterocycles. The lowest BCUT2D eigenvalue weighted by molar-refractivity contribution is -0.0127. The number of carbonyl (C=O) groups is 1. The zero-order chi connectivity index (χ0) is 20.7. The number of pyridine rings is 1. The summed E-state index contributed by atoms with van der Waals surface area (Å²) in [5.74, 6) is 0.754. The molecule has 0 aliphatic heterocycles. The Balaban J connectivity index is 1.49. The molecule has 0 radical (unpaired) electrons. The summed E-state index contributed by atoms with van der Waals surface area (Å²) in [5.41, 5.74) is 0.591. The molecule has 1 atom stereocenters. The fraction of sp³-hybridized carbons (Fsp3) is 0.455. The van der Waals surface area contributed by atoms with Crippen molar-refractivity contribution in [1.82, 2.24) is 10.3 Å². The van der Waals surface area contributed by atoms with Gasteiger partial charge in [-0.15, -0.1) is 0 Å². The molecule has 1 aromatic heterocycles. The number of hydrogen-bond acceptors (Lipinski definition) is 4. The lowest BCUT2D eigenvalue weighted by atomic mass is 9.78. The van der Waals surface area contributed by atoms with Crippen molar-refractivity contribution >= 4 is 23.3 Å². The first-order valence-electron chi connectivity index (χ1n) is 10.0. The van der Waals surface area contributed by atoms with Crippen LogP contribution in [0.2, 0.25) is 5.02 Å². The second-order valence-electron chi connectivity index (χ2n) is 7.79. The van der Waals surface area contributed by atoms with E-state index in [0.29, 0.717) is 23.1 Å². The number of rotatable bonds is 7. The van der Waals surface area contributed by atoms with E-state index in [2.05, 4.69) is 15.6 Å². The van der Waals surface area contributed by atoms with E-state index in [-0.39, 0.29) is 18.5 Å². The molecule has 1 aliphatic carbocycles. The number of anilines is 1. The highest BCUT2D eigenvalue weighted by Crippen LogP contribution is 2.32. The van der Waals surface area contributed by atoms with Crippen LogP contribution in [0.15, 0.2) is 42.7 Å². The Morgan fingerprint density at radius 2 is 2.10 bits per heavy atom. The van der Waals surface area contributed by atoms with E-state index in [1.807, 2.05) is 12.1 Å². The van der Waals surface area contributed by atoms with Crippen LogP contribution < -0.4 is 15.4 Å². The standard InChI is InChI=1S/C22H28ClN3O3/c1-22(28,17-7-3-2-4-8-17)15-25-21(27)26-18-9-10-20(19(23)12-18)29-14-16-6-5-11-24-13-16/h5-6,9-13,17,28H,2-4,7-8,14-15H2,1H3,(H2,25,26,27). The number of benzene rings is 1. The van der Waals surface area contributed by atoms with Gasteiger partial charge in [-0.25, -0.2) is 4.79 Å². The summed E-state index contributed by atoms with van der Waals surface area (Å²) in [6, 6.07) is 8.47. The molecule has 3 rings (SSSR count). The number of amides is 2. The zero-order valence-electron chi connectivity index (χ0n) is 16.7. The molecule has 6 nitrogen and oxygen atoms in total. The lowest BCUT2D eigenvalue weighted by Crippen LogP contribution is -2.47. The van der Waals surface area contributed by atoms with Gasteiger partial charge in [-0.3, -0.25) is 4.98 Å². The first-order valence-corrected chi connectivity index (χ1v) is 10.4. The zero-order valence-corrected chi connectivity index (χ0v) is 17.4. The second-order valence-corrected chi connectivity index (χ2v) is 8.20. The average Bonchev–Trinajstić information content (AvgIpc) is 2.73. The van der Waals surface area contributed by atoms with E-state index >= 15 is 0 Å². The number of hydrogen-bond donors (Lipinski definition) is 3. The maximum Gasteiger partial charge on any atom is 0.319 e. The van der Waals surface area contributed by atoms with Crippen LogP contribution in [0, 0.1) is 5.92 Å². The topological polar surface area (TPSA) is 83.5 Å². The van der Waals surface area contributed by atoms with Gasteiger partial charge in [0.05, 0.1) is 10.6 Å². The third-order valence-corrected chi connectivity index (χ3v) is 5.69. The minimum atomic E-state index is -0.903.